The Hall–Kier alpha value is -1.98. The Morgan fingerprint density at radius 1 is 1.19 bits per heavy atom. The quantitative estimate of drug-likeness (QED) is 0.885. The second kappa shape index (κ2) is 6.28. The lowest BCUT2D eigenvalue weighted by molar-refractivity contribution is -0.0154. The molecule has 4 bridgehead atoms. The van der Waals surface area contributed by atoms with Crippen molar-refractivity contribution in [3.05, 3.63) is 28.3 Å². The third kappa shape index (κ3) is 3.34. The fourth-order valence-electron chi connectivity index (χ4n) is 6.41. The first-order valence-electron chi connectivity index (χ1n) is 10.3. The number of likely N-dealkylation sites (tertiary alicyclic amines) is 1. The van der Waals surface area contributed by atoms with Crippen LogP contribution in [0.3, 0.4) is 0 Å². The SMILES string of the molecule is Cc1cc(OC2CCN(C(=O)NC34CC5CC(CC(C5)C3)C4)C2)cc(=O)o1. The van der Waals surface area contributed by atoms with Gasteiger partial charge in [0.1, 0.15) is 17.6 Å². The molecule has 1 atom stereocenters. The van der Waals surface area contributed by atoms with Crippen molar-refractivity contribution in [1.82, 2.24) is 10.2 Å². The van der Waals surface area contributed by atoms with Crippen LogP contribution in [0.25, 0.3) is 0 Å². The largest absolute Gasteiger partial charge is 0.488 e. The Morgan fingerprint density at radius 3 is 2.48 bits per heavy atom. The number of ether oxygens (including phenoxy) is 1. The summed E-state index contributed by atoms with van der Waals surface area (Å²) in [5.74, 6) is 3.52. The lowest BCUT2D eigenvalue weighted by Gasteiger charge is -2.57. The number of carbonyl (C=O) groups is 1. The van der Waals surface area contributed by atoms with Crippen molar-refractivity contribution in [2.75, 3.05) is 13.1 Å². The third-order valence-electron chi connectivity index (χ3n) is 7.01. The third-order valence-corrected chi connectivity index (χ3v) is 7.01. The van der Waals surface area contributed by atoms with Gasteiger partial charge in [0.2, 0.25) is 0 Å². The Balaban J connectivity index is 1.20. The summed E-state index contributed by atoms with van der Waals surface area (Å²) in [6, 6.07) is 3.15. The van der Waals surface area contributed by atoms with Gasteiger partial charge < -0.3 is 19.4 Å². The van der Waals surface area contributed by atoms with Crippen molar-refractivity contribution in [3.63, 3.8) is 0 Å². The normalized spacial score (nSPS) is 36.9. The molecule has 4 aliphatic carbocycles. The summed E-state index contributed by atoms with van der Waals surface area (Å²) in [7, 11) is 0. The molecule has 1 aromatic heterocycles. The van der Waals surface area contributed by atoms with Crippen molar-refractivity contribution < 1.29 is 13.9 Å². The summed E-state index contributed by atoms with van der Waals surface area (Å²) < 4.78 is 10.9. The molecule has 0 radical (unpaired) electrons. The number of aryl methyl sites for hydroxylation is 1. The number of nitrogens with one attached hydrogen (secondary N) is 1. The van der Waals surface area contributed by atoms with Gasteiger partial charge in [-0.05, 0) is 63.2 Å². The van der Waals surface area contributed by atoms with E-state index in [0.29, 0.717) is 24.6 Å². The van der Waals surface area contributed by atoms with Crippen LogP contribution < -0.4 is 15.7 Å². The first kappa shape index (κ1) is 17.1. The number of carbonyl (C=O) groups excluding carboxylic acids is 1. The molecule has 1 aliphatic heterocycles. The van der Waals surface area contributed by atoms with Gasteiger partial charge in [-0.1, -0.05) is 0 Å². The fraction of sp³-hybridized carbons (Fsp3) is 0.714. The van der Waals surface area contributed by atoms with E-state index in [1.807, 2.05) is 4.90 Å². The predicted octanol–water partition coefficient (Wildman–Crippen LogP) is 3.08. The zero-order valence-corrected chi connectivity index (χ0v) is 15.9. The number of rotatable bonds is 3. The average Bonchev–Trinajstić information content (AvgIpc) is 3.00. The second-order valence-electron chi connectivity index (χ2n) is 9.33. The molecule has 6 nitrogen and oxygen atoms in total. The van der Waals surface area contributed by atoms with Crippen LogP contribution in [0.1, 0.15) is 50.7 Å². The standard InChI is InChI=1S/C21H28N2O4/c1-13-4-18(8-19(24)26-13)27-17-2-3-23(12-17)20(25)22-21-9-14-5-15(10-21)7-16(6-14)11-21/h4,8,14-17H,2-3,5-7,9-12H2,1H3,(H,22,25). The number of hydrogen-bond acceptors (Lipinski definition) is 4. The van der Waals surface area contributed by atoms with Crippen LogP contribution in [-0.4, -0.2) is 35.7 Å². The minimum Gasteiger partial charge on any atom is -0.488 e. The Morgan fingerprint density at radius 2 is 1.85 bits per heavy atom. The topological polar surface area (TPSA) is 71.8 Å². The highest BCUT2D eigenvalue weighted by Crippen LogP contribution is 2.55. The molecule has 5 fully saturated rings. The van der Waals surface area contributed by atoms with Crippen molar-refractivity contribution >= 4 is 6.03 Å². The van der Waals surface area contributed by atoms with E-state index in [-0.39, 0.29) is 17.7 Å². The van der Waals surface area contributed by atoms with Gasteiger partial charge in [-0.15, -0.1) is 0 Å². The summed E-state index contributed by atoms with van der Waals surface area (Å²) in [5.41, 5.74) is -0.361. The molecule has 4 saturated carbocycles. The highest BCUT2D eigenvalue weighted by molar-refractivity contribution is 5.75. The molecule has 6 rings (SSSR count). The Bertz CT molecular complexity index is 766. The Labute approximate surface area is 159 Å². The van der Waals surface area contributed by atoms with Crippen LogP contribution in [0.2, 0.25) is 0 Å². The molecule has 1 saturated heterocycles. The molecule has 5 aliphatic rings. The van der Waals surface area contributed by atoms with Crippen LogP contribution in [0.5, 0.6) is 5.75 Å². The maximum absolute atomic E-state index is 12.9. The molecule has 1 unspecified atom stereocenters. The van der Waals surface area contributed by atoms with Gasteiger partial charge in [0.25, 0.3) is 0 Å². The fourth-order valence-corrected chi connectivity index (χ4v) is 6.41. The lowest BCUT2D eigenvalue weighted by Crippen LogP contribution is -2.61. The molecular weight excluding hydrogens is 344 g/mol. The Kier molecular flexibility index (Phi) is 3.99. The van der Waals surface area contributed by atoms with Gasteiger partial charge in [0.05, 0.1) is 12.6 Å². The first-order chi connectivity index (χ1) is 13.0. The van der Waals surface area contributed by atoms with E-state index >= 15 is 0 Å². The predicted molar refractivity (Wildman–Crippen MR) is 99.8 cm³/mol. The van der Waals surface area contributed by atoms with Gasteiger partial charge in [-0.2, -0.15) is 0 Å². The van der Waals surface area contributed by atoms with E-state index in [4.69, 9.17) is 9.15 Å². The zero-order chi connectivity index (χ0) is 18.6. The van der Waals surface area contributed by atoms with Crippen molar-refractivity contribution in [2.24, 2.45) is 17.8 Å². The summed E-state index contributed by atoms with van der Waals surface area (Å²) in [4.78, 5) is 26.3. The van der Waals surface area contributed by atoms with Crippen molar-refractivity contribution in [1.29, 1.82) is 0 Å². The van der Waals surface area contributed by atoms with E-state index in [1.165, 1.54) is 44.6 Å². The van der Waals surface area contributed by atoms with E-state index in [2.05, 4.69) is 5.32 Å². The number of hydrogen-bond donors (Lipinski definition) is 1. The first-order valence-corrected chi connectivity index (χ1v) is 10.3. The molecular formula is C21H28N2O4. The minimum atomic E-state index is -0.403. The van der Waals surface area contributed by atoms with Crippen LogP contribution in [0.4, 0.5) is 4.79 Å². The van der Waals surface area contributed by atoms with E-state index < -0.39 is 5.63 Å². The molecule has 2 amide bonds. The molecule has 0 spiro atoms. The lowest BCUT2D eigenvalue weighted by atomic mass is 9.53. The van der Waals surface area contributed by atoms with Crippen LogP contribution in [0.15, 0.2) is 21.3 Å². The molecule has 146 valence electrons. The minimum absolute atomic E-state index is 0.0419. The van der Waals surface area contributed by atoms with Gasteiger partial charge in [-0.3, -0.25) is 0 Å². The summed E-state index contributed by atoms with van der Waals surface area (Å²) >= 11 is 0. The highest BCUT2D eigenvalue weighted by atomic mass is 16.5. The van der Waals surface area contributed by atoms with E-state index in [9.17, 15) is 9.59 Å². The molecule has 6 heteroatoms. The second-order valence-corrected chi connectivity index (χ2v) is 9.33. The average molecular weight is 372 g/mol. The molecule has 27 heavy (non-hydrogen) atoms. The maximum atomic E-state index is 12.9. The van der Waals surface area contributed by atoms with Crippen LogP contribution >= 0.6 is 0 Å². The van der Waals surface area contributed by atoms with Gasteiger partial charge in [-0.25, -0.2) is 9.59 Å². The number of urea groups is 1. The zero-order valence-electron chi connectivity index (χ0n) is 15.9. The van der Waals surface area contributed by atoms with Crippen molar-refractivity contribution in [2.45, 2.75) is 63.5 Å². The van der Waals surface area contributed by atoms with Gasteiger partial charge in [0.15, 0.2) is 0 Å². The molecule has 1 aromatic rings. The number of amides is 2. The maximum Gasteiger partial charge on any atom is 0.339 e. The molecule has 1 N–H and O–H groups in total. The van der Waals surface area contributed by atoms with Gasteiger partial charge >= 0.3 is 11.7 Å². The molecule has 2 heterocycles. The smallest absolute Gasteiger partial charge is 0.339 e. The van der Waals surface area contributed by atoms with E-state index in [0.717, 1.165) is 24.2 Å². The molecule has 0 aromatic carbocycles. The summed E-state index contributed by atoms with van der Waals surface area (Å²) in [6.45, 7) is 2.99. The highest BCUT2D eigenvalue weighted by Gasteiger charge is 2.52. The van der Waals surface area contributed by atoms with Crippen LogP contribution in [-0.2, 0) is 0 Å². The summed E-state index contributed by atoms with van der Waals surface area (Å²) in [6.07, 6.45) is 8.33. The van der Waals surface area contributed by atoms with Crippen LogP contribution in [0, 0.1) is 24.7 Å². The monoisotopic (exact) mass is 372 g/mol. The number of nitrogens with zero attached hydrogens (tertiary/aromatic N) is 1. The van der Waals surface area contributed by atoms with E-state index in [1.54, 1.807) is 13.0 Å². The summed E-state index contributed by atoms with van der Waals surface area (Å²) in [5, 5.41) is 3.44. The van der Waals surface area contributed by atoms with Gasteiger partial charge in [0, 0.05) is 24.6 Å². The van der Waals surface area contributed by atoms with Crippen molar-refractivity contribution in [3.8, 4) is 5.75 Å².